The van der Waals surface area contributed by atoms with Gasteiger partial charge in [0.05, 0.1) is 25.9 Å². The van der Waals surface area contributed by atoms with Crippen LogP contribution in [0.5, 0.6) is 0 Å². The lowest BCUT2D eigenvalue weighted by molar-refractivity contribution is -0.122. The summed E-state index contributed by atoms with van der Waals surface area (Å²) in [7, 11) is 1.59. The lowest BCUT2D eigenvalue weighted by Crippen LogP contribution is -2.44. The molecule has 2 aromatic heterocycles. The Morgan fingerprint density at radius 1 is 1.19 bits per heavy atom. The lowest BCUT2D eigenvalue weighted by Gasteiger charge is -2.15. The van der Waals surface area contributed by atoms with Crippen LogP contribution in [0.15, 0.2) is 45.6 Å². The van der Waals surface area contributed by atoms with Gasteiger partial charge in [-0.25, -0.2) is 9.78 Å². The molecule has 9 nitrogen and oxygen atoms in total. The Balaban J connectivity index is 1.68. The van der Waals surface area contributed by atoms with Gasteiger partial charge in [0.15, 0.2) is 0 Å². The minimum atomic E-state index is -0.636. The molecule has 0 bridgehead atoms. The minimum absolute atomic E-state index is 0.0286. The third kappa shape index (κ3) is 7.03. The molecule has 3 N–H and O–H groups in total. The number of urea groups is 1. The van der Waals surface area contributed by atoms with Crippen LogP contribution in [0.1, 0.15) is 5.76 Å². The van der Waals surface area contributed by atoms with Crippen molar-refractivity contribution in [3.63, 3.8) is 0 Å². The highest BCUT2D eigenvalue weighted by molar-refractivity contribution is 9.10. The summed E-state index contributed by atoms with van der Waals surface area (Å²) < 4.78 is 5.87. The molecule has 0 spiro atoms. The van der Waals surface area contributed by atoms with Gasteiger partial charge < -0.3 is 15.1 Å². The van der Waals surface area contributed by atoms with E-state index in [0.717, 1.165) is 4.47 Å². The maximum Gasteiger partial charge on any atom is 0.321 e. The van der Waals surface area contributed by atoms with Gasteiger partial charge in [-0.05, 0) is 47.2 Å². The molecule has 2 aromatic rings. The van der Waals surface area contributed by atoms with E-state index < -0.39 is 11.9 Å². The number of furan rings is 1. The number of amides is 4. The first-order valence-electron chi connectivity index (χ1n) is 7.62. The zero-order valence-electron chi connectivity index (χ0n) is 14.0. The van der Waals surface area contributed by atoms with E-state index in [-0.39, 0.29) is 25.5 Å². The number of carbonyl (C=O) groups is 3. The number of hydrogen-bond acceptors (Lipinski definition) is 6. The third-order valence-corrected chi connectivity index (χ3v) is 3.55. The first-order chi connectivity index (χ1) is 12.4. The fraction of sp³-hybridized carbons (Fsp3) is 0.250. The molecule has 0 unspecified atom stereocenters. The molecule has 26 heavy (non-hydrogen) atoms. The summed E-state index contributed by atoms with van der Waals surface area (Å²) in [5, 5.41) is 7.29. The second kappa shape index (κ2) is 9.68. The topological polar surface area (TPSA) is 117 Å². The van der Waals surface area contributed by atoms with Gasteiger partial charge in [0.25, 0.3) is 0 Å². The number of anilines is 1. The van der Waals surface area contributed by atoms with E-state index in [9.17, 15) is 14.4 Å². The Morgan fingerprint density at radius 2 is 1.96 bits per heavy atom. The summed E-state index contributed by atoms with van der Waals surface area (Å²) in [5.41, 5.74) is 0. The van der Waals surface area contributed by atoms with Crippen LogP contribution in [-0.4, -0.2) is 47.9 Å². The predicted octanol–water partition coefficient (Wildman–Crippen LogP) is 1.33. The second-order valence-electron chi connectivity index (χ2n) is 5.39. The average molecular weight is 424 g/mol. The van der Waals surface area contributed by atoms with Crippen LogP contribution >= 0.6 is 15.9 Å². The Labute approximate surface area is 158 Å². The minimum Gasteiger partial charge on any atom is -0.467 e. The number of nitrogens with one attached hydrogen (secondary N) is 3. The van der Waals surface area contributed by atoms with Crippen LogP contribution in [0, 0.1) is 0 Å². The Kier molecular flexibility index (Phi) is 7.30. The van der Waals surface area contributed by atoms with Gasteiger partial charge in [0.1, 0.15) is 11.6 Å². The van der Waals surface area contributed by atoms with Crippen molar-refractivity contribution in [3.05, 3.63) is 47.0 Å². The third-order valence-electron chi connectivity index (χ3n) is 3.08. The monoisotopic (exact) mass is 423 g/mol. The van der Waals surface area contributed by atoms with Gasteiger partial charge in [-0.1, -0.05) is 0 Å². The summed E-state index contributed by atoms with van der Waals surface area (Å²) in [6.45, 7) is 0.0269. The van der Waals surface area contributed by atoms with E-state index >= 15 is 0 Å². The van der Waals surface area contributed by atoms with Crippen molar-refractivity contribution in [2.24, 2.45) is 0 Å². The van der Waals surface area contributed by atoms with Crippen LogP contribution in [0.3, 0.4) is 0 Å². The maximum atomic E-state index is 11.9. The molecule has 4 amide bonds. The molecular weight excluding hydrogens is 406 g/mol. The first-order valence-corrected chi connectivity index (χ1v) is 8.41. The molecule has 0 aliphatic rings. The van der Waals surface area contributed by atoms with E-state index in [4.69, 9.17) is 4.42 Å². The summed E-state index contributed by atoms with van der Waals surface area (Å²) in [6, 6.07) is 6.17. The van der Waals surface area contributed by atoms with Crippen LogP contribution in [-0.2, 0) is 16.1 Å². The van der Waals surface area contributed by atoms with Crippen LogP contribution in [0.25, 0.3) is 0 Å². The highest BCUT2D eigenvalue weighted by Gasteiger charge is 2.13. The van der Waals surface area contributed by atoms with Crippen LogP contribution in [0.2, 0.25) is 0 Å². The van der Waals surface area contributed by atoms with Crippen molar-refractivity contribution in [1.29, 1.82) is 0 Å². The normalized spacial score (nSPS) is 10.4. The Bertz CT molecular complexity index is 749. The molecule has 0 aliphatic heterocycles. The molecule has 0 fully saturated rings. The molecular formula is C16H18BrN5O4. The summed E-state index contributed by atoms with van der Waals surface area (Å²) in [5.74, 6) is 0.132. The van der Waals surface area contributed by atoms with E-state index in [1.165, 1.54) is 11.2 Å². The molecule has 2 rings (SSSR count). The SMILES string of the molecule is CN(CC(=O)NC(=O)NCc1ccco1)CC(=O)Nc1ccc(Br)cn1. The van der Waals surface area contributed by atoms with Crippen molar-refractivity contribution in [1.82, 2.24) is 20.5 Å². The number of likely N-dealkylation sites (N-methyl/N-ethyl adjacent to an activating group) is 1. The van der Waals surface area contributed by atoms with Gasteiger partial charge in [-0.3, -0.25) is 19.8 Å². The van der Waals surface area contributed by atoms with Gasteiger partial charge in [-0.2, -0.15) is 0 Å². The molecule has 10 heteroatoms. The fourth-order valence-electron chi connectivity index (χ4n) is 1.97. The Morgan fingerprint density at radius 3 is 2.62 bits per heavy atom. The maximum absolute atomic E-state index is 11.9. The highest BCUT2D eigenvalue weighted by Crippen LogP contribution is 2.10. The van der Waals surface area contributed by atoms with Crippen molar-refractivity contribution < 1.29 is 18.8 Å². The number of nitrogens with zero attached hydrogens (tertiary/aromatic N) is 2. The van der Waals surface area contributed by atoms with Crippen molar-refractivity contribution in [2.45, 2.75) is 6.54 Å². The number of halogens is 1. The number of aromatic nitrogens is 1. The molecule has 0 saturated heterocycles. The highest BCUT2D eigenvalue weighted by atomic mass is 79.9. The number of pyridine rings is 1. The quantitative estimate of drug-likeness (QED) is 0.618. The number of imide groups is 1. The van der Waals surface area contributed by atoms with Crippen molar-refractivity contribution in [3.8, 4) is 0 Å². The fourth-order valence-corrected chi connectivity index (χ4v) is 2.20. The Hall–Kier alpha value is -2.72. The van der Waals surface area contributed by atoms with Gasteiger partial charge in [-0.15, -0.1) is 0 Å². The first kappa shape index (κ1) is 19.6. The number of carbonyl (C=O) groups excluding carboxylic acids is 3. The molecule has 2 heterocycles. The largest absolute Gasteiger partial charge is 0.467 e. The number of hydrogen-bond donors (Lipinski definition) is 3. The molecule has 0 aromatic carbocycles. The molecule has 0 saturated carbocycles. The predicted molar refractivity (Wildman–Crippen MR) is 97.2 cm³/mol. The van der Waals surface area contributed by atoms with E-state index in [0.29, 0.717) is 11.6 Å². The molecule has 0 atom stereocenters. The smallest absolute Gasteiger partial charge is 0.321 e. The van der Waals surface area contributed by atoms with E-state index in [1.807, 2.05) is 0 Å². The van der Waals surface area contributed by atoms with Crippen LogP contribution in [0.4, 0.5) is 10.6 Å². The number of rotatable bonds is 7. The average Bonchev–Trinajstić information content (AvgIpc) is 3.08. The summed E-state index contributed by atoms with van der Waals surface area (Å²) in [4.78, 5) is 40.9. The van der Waals surface area contributed by atoms with E-state index in [1.54, 1.807) is 37.5 Å². The molecule has 0 radical (unpaired) electrons. The second-order valence-corrected chi connectivity index (χ2v) is 6.31. The van der Waals surface area contributed by atoms with Gasteiger partial charge >= 0.3 is 6.03 Å². The van der Waals surface area contributed by atoms with Crippen molar-refractivity contribution in [2.75, 3.05) is 25.5 Å². The lowest BCUT2D eigenvalue weighted by atomic mass is 10.4. The van der Waals surface area contributed by atoms with Gasteiger partial charge in [0, 0.05) is 10.7 Å². The summed E-state index contributed by atoms with van der Waals surface area (Å²) in [6.07, 6.45) is 3.05. The zero-order chi connectivity index (χ0) is 18.9. The van der Waals surface area contributed by atoms with Gasteiger partial charge in [0.2, 0.25) is 11.8 Å². The molecule has 138 valence electrons. The molecule has 0 aliphatic carbocycles. The van der Waals surface area contributed by atoms with E-state index in [2.05, 4.69) is 36.9 Å². The standard InChI is InChI=1S/C16H18BrN5O4/c1-22(9-14(23)20-13-5-4-11(17)7-18-13)10-15(24)21-16(25)19-8-12-3-2-6-26-12/h2-7H,8-10H2,1H3,(H,18,20,23)(H2,19,21,24,25). The van der Waals surface area contributed by atoms with Crippen LogP contribution < -0.4 is 16.0 Å². The summed E-state index contributed by atoms with van der Waals surface area (Å²) >= 11 is 3.26. The van der Waals surface area contributed by atoms with Crippen molar-refractivity contribution >= 4 is 39.6 Å². The zero-order valence-corrected chi connectivity index (χ0v) is 15.6.